The number of benzene rings is 1. The molecule has 2 aromatic rings. The molecule has 1 aromatic heterocycles. The van der Waals surface area contributed by atoms with Gasteiger partial charge in [0.2, 0.25) is 5.56 Å². The number of rotatable bonds is 2. The van der Waals surface area contributed by atoms with Crippen LogP contribution in [-0.4, -0.2) is 28.5 Å². The number of pyridine rings is 1. The molecule has 0 bridgehead atoms. The van der Waals surface area contributed by atoms with Crippen molar-refractivity contribution in [3.63, 3.8) is 0 Å². The summed E-state index contributed by atoms with van der Waals surface area (Å²) in [5, 5.41) is 0. The van der Waals surface area contributed by atoms with Crippen molar-refractivity contribution in [2.24, 2.45) is 0 Å². The van der Waals surface area contributed by atoms with Gasteiger partial charge in [0.1, 0.15) is 6.54 Å². The maximum Gasteiger partial charge on any atom is 0.406 e. The zero-order chi connectivity index (χ0) is 16.6. The number of amides is 1. The third-order valence-corrected chi connectivity index (χ3v) is 3.84. The Morgan fingerprint density at radius 1 is 1.13 bits per heavy atom. The summed E-state index contributed by atoms with van der Waals surface area (Å²) in [7, 11) is 0. The molecule has 2 heterocycles. The largest absolute Gasteiger partial charge is 0.406 e. The molecule has 1 N–H and O–H groups in total. The molecule has 0 aliphatic carbocycles. The first-order chi connectivity index (χ1) is 10.8. The number of nitrogens with zero attached hydrogens (tertiary/aromatic N) is 1. The van der Waals surface area contributed by atoms with Crippen LogP contribution in [0, 0.1) is 0 Å². The molecular formula is C16H13F3N2O2. The van der Waals surface area contributed by atoms with E-state index in [1.165, 1.54) is 24.4 Å². The zero-order valence-corrected chi connectivity index (χ0v) is 11.9. The van der Waals surface area contributed by atoms with Gasteiger partial charge in [-0.25, -0.2) is 0 Å². The first kappa shape index (κ1) is 15.3. The molecule has 0 saturated carbocycles. The fourth-order valence-electron chi connectivity index (χ4n) is 2.82. The SMILES string of the molecule is O=C1c2ccccc2C[C@@H](c2ccc(=O)[nH]c2)N1CC(F)(F)F. The highest BCUT2D eigenvalue weighted by Crippen LogP contribution is 2.34. The Morgan fingerprint density at radius 2 is 1.87 bits per heavy atom. The van der Waals surface area contributed by atoms with E-state index < -0.39 is 24.7 Å². The second kappa shape index (κ2) is 5.57. The van der Waals surface area contributed by atoms with Crippen molar-refractivity contribution in [3.05, 3.63) is 69.6 Å². The van der Waals surface area contributed by atoms with E-state index in [9.17, 15) is 22.8 Å². The van der Waals surface area contributed by atoms with Crippen LogP contribution in [0.4, 0.5) is 13.2 Å². The standard InChI is InChI=1S/C16H13F3N2O2/c17-16(18,19)9-21-13(11-5-6-14(22)20-8-11)7-10-3-1-2-4-12(10)15(21)23/h1-6,8,13H,7,9H2,(H,20,22)/t13-/m0/s1. The Hall–Kier alpha value is -2.57. The fourth-order valence-corrected chi connectivity index (χ4v) is 2.82. The molecule has 1 aromatic carbocycles. The average molecular weight is 322 g/mol. The van der Waals surface area contributed by atoms with E-state index in [1.807, 2.05) is 0 Å². The molecule has 23 heavy (non-hydrogen) atoms. The third-order valence-electron chi connectivity index (χ3n) is 3.84. The van der Waals surface area contributed by atoms with Gasteiger partial charge in [0, 0.05) is 17.8 Å². The van der Waals surface area contributed by atoms with E-state index in [1.54, 1.807) is 18.2 Å². The van der Waals surface area contributed by atoms with E-state index in [0.29, 0.717) is 11.1 Å². The normalized spacial score (nSPS) is 18.0. The van der Waals surface area contributed by atoms with Gasteiger partial charge in [0.25, 0.3) is 5.91 Å². The number of H-pyrrole nitrogens is 1. The molecule has 120 valence electrons. The Bertz CT molecular complexity index is 778. The number of carbonyl (C=O) groups excluding carboxylic acids is 1. The van der Waals surface area contributed by atoms with Crippen molar-refractivity contribution < 1.29 is 18.0 Å². The first-order valence-electron chi connectivity index (χ1n) is 6.99. The predicted octanol–water partition coefficient (Wildman–Crippen LogP) is 2.68. The molecule has 0 spiro atoms. The van der Waals surface area contributed by atoms with Crippen LogP contribution in [-0.2, 0) is 6.42 Å². The van der Waals surface area contributed by atoms with Crippen molar-refractivity contribution >= 4 is 5.91 Å². The predicted molar refractivity (Wildman–Crippen MR) is 77.0 cm³/mol. The van der Waals surface area contributed by atoms with Crippen molar-refractivity contribution in [2.75, 3.05) is 6.54 Å². The lowest BCUT2D eigenvalue weighted by Gasteiger charge is -2.37. The summed E-state index contributed by atoms with van der Waals surface area (Å²) in [6.07, 6.45) is -2.87. The summed E-state index contributed by atoms with van der Waals surface area (Å²) in [6.45, 7) is -1.33. The van der Waals surface area contributed by atoms with Crippen LogP contribution in [0.2, 0.25) is 0 Å². The smallest absolute Gasteiger partial charge is 0.329 e. The second-order valence-electron chi connectivity index (χ2n) is 5.41. The van der Waals surface area contributed by atoms with Crippen LogP contribution >= 0.6 is 0 Å². The first-order valence-corrected chi connectivity index (χ1v) is 6.99. The quantitative estimate of drug-likeness (QED) is 0.924. The molecule has 1 amide bonds. The molecule has 1 atom stereocenters. The Morgan fingerprint density at radius 3 is 2.52 bits per heavy atom. The average Bonchev–Trinajstić information content (AvgIpc) is 2.50. The summed E-state index contributed by atoms with van der Waals surface area (Å²) >= 11 is 0. The molecule has 3 rings (SSSR count). The van der Waals surface area contributed by atoms with E-state index in [2.05, 4.69) is 4.98 Å². The maximum atomic E-state index is 12.9. The van der Waals surface area contributed by atoms with Gasteiger partial charge in [0.05, 0.1) is 6.04 Å². The molecule has 1 aliphatic heterocycles. The van der Waals surface area contributed by atoms with Crippen LogP contribution in [0.25, 0.3) is 0 Å². The Labute approximate surface area is 129 Å². The third kappa shape index (κ3) is 3.13. The van der Waals surface area contributed by atoms with E-state index in [4.69, 9.17) is 0 Å². The molecule has 7 heteroatoms. The van der Waals surface area contributed by atoms with Crippen LogP contribution < -0.4 is 5.56 Å². The van der Waals surface area contributed by atoms with Gasteiger partial charge in [-0.2, -0.15) is 13.2 Å². The Kier molecular flexibility index (Phi) is 3.71. The summed E-state index contributed by atoms with van der Waals surface area (Å²) in [5.41, 5.74) is 1.11. The van der Waals surface area contributed by atoms with Crippen LogP contribution in [0.3, 0.4) is 0 Å². The minimum Gasteiger partial charge on any atom is -0.329 e. The summed E-state index contributed by atoms with van der Waals surface area (Å²) in [5.74, 6) is -0.652. The maximum absolute atomic E-state index is 12.9. The number of alkyl halides is 3. The zero-order valence-electron chi connectivity index (χ0n) is 11.9. The van der Waals surface area contributed by atoms with Crippen LogP contribution in [0.1, 0.15) is 27.5 Å². The van der Waals surface area contributed by atoms with Crippen molar-refractivity contribution in [3.8, 4) is 0 Å². The van der Waals surface area contributed by atoms with Gasteiger partial charge in [0.15, 0.2) is 0 Å². The van der Waals surface area contributed by atoms with Gasteiger partial charge < -0.3 is 9.88 Å². The lowest BCUT2D eigenvalue weighted by Crippen LogP contribution is -2.45. The second-order valence-corrected chi connectivity index (χ2v) is 5.41. The minimum atomic E-state index is -4.50. The van der Waals surface area contributed by atoms with Crippen molar-refractivity contribution in [1.82, 2.24) is 9.88 Å². The van der Waals surface area contributed by atoms with Gasteiger partial charge in [-0.1, -0.05) is 24.3 Å². The van der Waals surface area contributed by atoms with Gasteiger partial charge in [-0.15, -0.1) is 0 Å². The Balaban J connectivity index is 2.05. The van der Waals surface area contributed by atoms with E-state index in [-0.39, 0.29) is 17.5 Å². The number of hydrogen-bond donors (Lipinski definition) is 1. The highest BCUT2D eigenvalue weighted by Gasteiger charge is 2.40. The van der Waals surface area contributed by atoms with Gasteiger partial charge in [-0.05, 0) is 23.6 Å². The van der Waals surface area contributed by atoms with E-state index in [0.717, 1.165) is 4.90 Å². The molecular weight excluding hydrogens is 309 g/mol. The van der Waals surface area contributed by atoms with Crippen LogP contribution in [0.5, 0.6) is 0 Å². The lowest BCUT2D eigenvalue weighted by molar-refractivity contribution is -0.145. The molecule has 0 unspecified atom stereocenters. The summed E-state index contributed by atoms with van der Waals surface area (Å²) in [6, 6.07) is 8.57. The number of nitrogens with one attached hydrogen (secondary N) is 1. The number of aromatic nitrogens is 1. The minimum absolute atomic E-state index is 0.268. The molecule has 4 nitrogen and oxygen atoms in total. The van der Waals surface area contributed by atoms with Gasteiger partial charge in [-0.3, -0.25) is 9.59 Å². The van der Waals surface area contributed by atoms with Crippen molar-refractivity contribution in [1.29, 1.82) is 0 Å². The number of hydrogen-bond acceptors (Lipinski definition) is 2. The number of carbonyl (C=O) groups is 1. The summed E-state index contributed by atoms with van der Waals surface area (Å²) < 4.78 is 38.7. The van der Waals surface area contributed by atoms with E-state index >= 15 is 0 Å². The molecule has 1 aliphatic rings. The van der Waals surface area contributed by atoms with Crippen molar-refractivity contribution in [2.45, 2.75) is 18.6 Å². The highest BCUT2D eigenvalue weighted by molar-refractivity contribution is 5.97. The van der Waals surface area contributed by atoms with Gasteiger partial charge >= 0.3 is 6.18 Å². The number of halogens is 3. The molecule has 0 radical (unpaired) electrons. The highest BCUT2D eigenvalue weighted by atomic mass is 19.4. The lowest BCUT2D eigenvalue weighted by atomic mass is 9.90. The summed E-state index contributed by atoms with van der Waals surface area (Å²) in [4.78, 5) is 26.9. The topological polar surface area (TPSA) is 53.2 Å². The number of aromatic amines is 1. The monoisotopic (exact) mass is 322 g/mol. The number of fused-ring (bicyclic) bond motifs is 1. The fraction of sp³-hybridized carbons (Fsp3) is 0.250. The molecule has 0 fully saturated rings. The molecule has 0 saturated heterocycles. The van der Waals surface area contributed by atoms with Crippen LogP contribution in [0.15, 0.2) is 47.4 Å².